The van der Waals surface area contributed by atoms with Crippen LogP contribution in [0.15, 0.2) is 12.3 Å². The summed E-state index contributed by atoms with van der Waals surface area (Å²) in [4.78, 5) is 10.7. The molecule has 1 unspecified atom stereocenters. The lowest BCUT2D eigenvalue weighted by molar-refractivity contribution is -0.201. The lowest BCUT2D eigenvalue weighted by Gasteiger charge is -2.26. The van der Waals surface area contributed by atoms with Gasteiger partial charge in [0.2, 0.25) is 5.54 Å². The van der Waals surface area contributed by atoms with Crippen LogP contribution in [0, 0.1) is 0 Å². The van der Waals surface area contributed by atoms with Gasteiger partial charge in [0.05, 0.1) is 5.69 Å². The van der Waals surface area contributed by atoms with Crippen molar-refractivity contribution in [1.29, 1.82) is 0 Å². The second kappa shape index (κ2) is 4.60. The van der Waals surface area contributed by atoms with Gasteiger partial charge in [0.1, 0.15) is 0 Å². The number of nitrogens with zero attached hydrogens (tertiary/aromatic N) is 2. The van der Waals surface area contributed by atoms with E-state index < -0.39 is 24.1 Å². The predicted molar refractivity (Wildman–Crippen MR) is 56.9 cm³/mol. The molecule has 0 spiro atoms. The molecular weight excluding hydrogens is 251 g/mol. The molecule has 102 valence electrons. The lowest BCUT2D eigenvalue weighted by atomic mass is 9.94. The van der Waals surface area contributed by atoms with Crippen LogP contribution in [0.4, 0.5) is 13.2 Å². The Morgan fingerprint density at radius 1 is 1.56 bits per heavy atom. The molecule has 0 bridgehead atoms. The molecule has 18 heavy (non-hydrogen) atoms. The van der Waals surface area contributed by atoms with Crippen LogP contribution >= 0.6 is 0 Å². The van der Waals surface area contributed by atoms with Crippen molar-refractivity contribution in [3.8, 4) is 0 Å². The second-order valence-electron chi connectivity index (χ2n) is 4.33. The van der Waals surface area contributed by atoms with E-state index in [1.807, 2.05) is 0 Å². The van der Waals surface area contributed by atoms with Crippen LogP contribution in [0.2, 0.25) is 0 Å². The number of aromatic nitrogens is 2. The highest BCUT2D eigenvalue weighted by atomic mass is 19.4. The Hall–Kier alpha value is -1.57. The average Bonchev–Trinajstić information content (AvgIpc) is 2.63. The highest BCUT2D eigenvalue weighted by Gasteiger charge is 2.58. The molecule has 1 atom stereocenters. The molecule has 0 aliphatic heterocycles. The minimum absolute atomic E-state index is 0.00840. The fourth-order valence-electron chi connectivity index (χ4n) is 1.34. The minimum Gasteiger partial charge on any atom is -0.480 e. The first-order valence-corrected chi connectivity index (χ1v) is 5.21. The minimum atomic E-state index is -5.04. The first-order chi connectivity index (χ1) is 8.08. The number of nitrogens with two attached hydrogens (primary N) is 1. The smallest absolute Gasteiger partial charge is 0.417 e. The van der Waals surface area contributed by atoms with E-state index in [1.165, 1.54) is 16.9 Å². The standard InChI is InChI=1S/C10H14F3N3O2/c1-6(2)16-4-3-7(15-16)5-9(14,8(17)18)10(11,12)13/h3-4,6H,5,14H2,1-2H3,(H,17,18). The van der Waals surface area contributed by atoms with Crippen LogP contribution < -0.4 is 5.73 Å². The molecule has 0 amide bonds. The SMILES string of the molecule is CC(C)n1ccc(CC(N)(C(=O)O)C(F)(F)F)n1. The molecule has 0 aliphatic carbocycles. The van der Waals surface area contributed by atoms with Crippen LogP contribution in [-0.2, 0) is 11.2 Å². The maximum atomic E-state index is 12.7. The van der Waals surface area contributed by atoms with E-state index in [0.717, 1.165) is 0 Å². The largest absolute Gasteiger partial charge is 0.480 e. The maximum absolute atomic E-state index is 12.7. The quantitative estimate of drug-likeness (QED) is 0.861. The van der Waals surface area contributed by atoms with Crippen molar-refractivity contribution in [3.63, 3.8) is 0 Å². The van der Waals surface area contributed by atoms with Gasteiger partial charge in [-0.05, 0) is 19.9 Å². The van der Waals surface area contributed by atoms with Crippen LogP contribution in [0.3, 0.4) is 0 Å². The summed E-state index contributed by atoms with van der Waals surface area (Å²) in [5.74, 6) is -2.12. The number of carbonyl (C=O) groups is 1. The van der Waals surface area contributed by atoms with Gasteiger partial charge in [-0.1, -0.05) is 0 Å². The topological polar surface area (TPSA) is 81.1 Å². The normalized spacial score (nSPS) is 15.7. The highest BCUT2D eigenvalue weighted by molar-refractivity contribution is 5.80. The molecule has 1 heterocycles. The molecule has 1 rings (SSSR count). The molecule has 0 radical (unpaired) electrons. The van der Waals surface area contributed by atoms with Gasteiger partial charge in [-0.3, -0.25) is 4.68 Å². The fraction of sp³-hybridized carbons (Fsp3) is 0.600. The Morgan fingerprint density at radius 2 is 2.11 bits per heavy atom. The monoisotopic (exact) mass is 265 g/mol. The fourth-order valence-corrected chi connectivity index (χ4v) is 1.34. The summed E-state index contributed by atoms with van der Waals surface area (Å²) in [6, 6.07) is 1.30. The summed E-state index contributed by atoms with van der Waals surface area (Å²) in [5, 5.41) is 12.5. The summed E-state index contributed by atoms with van der Waals surface area (Å²) in [7, 11) is 0. The molecule has 5 nitrogen and oxygen atoms in total. The molecule has 0 saturated heterocycles. The average molecular weight is 265 g/mol. The number of carboxylic acid groups (broad SMARTS) is 1. The number of carboxylic acids is 1. The van der Waals surface area contributed by atoms with E-state index in [0.29, 0.717) is 0 Å². The van der Waals surface area contributed by atoms with Crippen LogP contribution in [0.5, 0.6) is 0 Å². The Bertz CT molecular complexity index is 442. The summed E-state index contributed by atoms with van der Waals surface area (Å²) < 4.78 is 39.4. The summed E-state index contributed by atoms with van der Waals surface area (Å²) in [6.45, 7) is 3.60. The van der Waals surface area contributed by atoms with Crippen molar-refractivity contribution in [2.45, 2.75) is 38.0 Å². The van der Waals surface area contributed by atoms with Gasteiger partial charge >= 0.3 is 12.1 Å². The summed E-state index contributed by atoms with van der Waals surface area (Å²) >= 11 is 0. The second-order valence-corrected chi connectivity index (χ2v) is 4.33. The van der Waals surface area contributed by atoms with Crippen molar-refractivity contribution < 1.29 is 23.1 Å². The summed E-state index contributed by atoms with van der Waals surface area (Å²) in [5.41, 5.74) is 1.64. The van der Waals surface area contributed by atoms with E-state index in [-0.39, 0.29) is 11.7 Å². The number of rotatable bonds is 4. The molecule has 3 N–H and O–H groups in total. The van der Waals surface area contributed by atoms with E-state index in [4.69, 9.17) is 10.8 Å². The molecule has 0 aromatic carbocycles. The number of aliphatic carboxylic acids is 1. The number of halogens is 3. The van der Waals surface area contributed by atoms with Crippen molar-refractivity contribution >= 4 is 5.97 Å². The Kier molecular flexibility index (Phi) is 3.70. The zero-order valence-electron chi connectivity index (χ0n) is 9.90. The van der Waals surface area contributed by atoms with E-state index >= 15 is 0 Å². The molecular formula is C10H14F3N3O2. The van der Waals surface area contributed by atoms with Gasteiger partial charge in [0, 0.05) is 18.7 Å². The van der Waals surface area contributed by atoms with Gasteiger partial charge in [-0.2, -0.15) is 18.3 Å². The molecule has 8 heteroatoms. The van der Waals surface area contributed by atoms with Gasteiger partial charge in [0.25, 0.3) is 0 Å². The van der Waals surface area contributed by atoms with Crippen LogP contribution in [0.25, 0.3) is 0 Å². The third-order valence-corrected chi connectivity index (χ3v) is 2.54. The van der Waals surface area contributed by atoms with Crippen LogP contribution in [-0.4, -0.2) is 32.6 Å². The molecule has 0 fully saturated rings. The lowest BCUT2D eigenvalue weighted by Crippen LogP contribution is -2.61. The zero-order chi connectivity index (χ0) is 14.1. The van der Waals surface area contributed by atoms with Gasteiger partial charge in [-0.25, -0.2) is 4.79 Å². The Labute approximate surface area is 101 Å². The summed E-state index contributed by atoms with van der Waals surface area (Å²) in [6.07, 6.45) is -4.45. The van der Waals surface area contributed by atoms with Gasteiger partial charge in [0.15, 0.2) is 0 Å². The number of hydrogen-bond donors (Lipinski definition) is 2. The van der Waals surface area contributed by atoms with Crippen LogP contribution in [0.1, 0.15) is 25.6 Å². The third kappa shape index (κ3) is 2.63. The van der Waals surface area contributed by atoms with Gasteiger partial charge < -0.3 is 10.8 Å². The first-order valence-electron chi connectivity index (χ1n) is 5.21. The number of hydrogen-bond acceptors (Lipinski definition) is 3. The van der Waals surface area contributed by atoms with Crippen molar-refractivity contribution in [1.82, 2.24) is 9.78 Å². The first kappa shape index (κ1) is 14.5. The van der Waals surface area contributed by atoms with E-state index in [1.54, 1.807) is 13.8 Å². The van der Waals surface area contributed by atoms with Crippen molar-refractivity contribution in [2.24, 2.45) is 5.73 Å². The Balaban J connectivity index is 3.01. The number of alkyl halides is 3. The van der Waals surface area contributed by atoms with Crippen molar-refractivity contribution in [3.05, 3.63) is 18.0 Å². The van der Waals surface area contributed by atoms with E-state index in [9.17, 15) is 18.0 Å². The zero-order valence-corrected chi connectivity index (χ0v) is 9.90. The van der Waals surface area contributed by atoms with Gasteiger partial charge in [-0.15, -0.1) is 0 Å². The predicted octanol–water partition coefficient (Wildman–Crippen LogP) is 1.35. The third-order valence-electron chi connectivity index (χ3n) is 2.54. The maximum Gasteiger partial charge on any atom is 0.417 e. The molecule has 0 saturated carbocycles. The highest BCUT2D eigenvalue weighted by Crippen LogP contribution is 2.31. The molecule has 1 aromatic rings. The van der Waals surface area contributed by atoms with Crippen molar-refractivity contribution in [2.75, 3.05) is 0 Å². The van der Waals surface area contributed by atoms with E-state index in [2.05, 4.69) is 5.10 Å². The molecule has 1 aromatic heterocycles. The molecule has 0 aliphatic rings. The Morgan fingerprint density at radius 3 is 2.44 bits per heavy atom.